The maximum absolute atomic E-state index is 12.7. The Morgan fingerprint density at radius 2 is 1.94 bits per heavy atom. The summed E-state index contributed by atoms with van der Waals surface area (Å²) >= 11 is 1.74. The van der Waals surface area contributed by atoms with Crippen LogP contribution in [-0.2, 0) is 6.54 Å². The van der Waals surface area contributed by atoms with E-state index in [1.807, 2.05) is 0 Å². The molecule has 1 aromatic heterocycles. The molecule has 18 heavy (non-hydrogen) atoms. The average molecular weight is 265 g/mol. The number of halogens is 1. The maximum atomic E-state index is 12.7. The Labute approximate surface area is 110 Å². The van der Waals surface area contributed by atoms with E-state index in [-0.39, 0.29) is 5.82 Å². The lowest BCUT2D eigenvalue weighted by atomic mass is 10.1. The molecule has 1 atom stereocenters. The first-order chi connectivity index (χ1) is 8.65. The van der Waals surface area contributed by atoms with Gasteiger partial charge in [0.1, 0.15) is 5.82 Å². The molecule has 0 spiro atoms. The lowest BCUT2D eigenvalue weighted by Crippen LogP contribution is -2.20. The standard InChI is InChI=1S/C14H16FNOS/c1-10-2-7-13(18-10)8-16-9-14(17)11-3-5-12(15)6-4-11/h2-7,14,16-17H,8-9H2,1H3. The lowest BCUT2D eigenvalue weighted by molar-refractivity contribution is 0.174. The quantitative estimate of drug-likeness (QED) is 0.871. The molecule has 1 unspecified atom stereocenters. The number of aliphatic hydroxyl groups is 1. The number of nitrogens with one attached hydrogen (secondary N) is 1. The molecule has 0 aliphatic carbocycles. The molecule has 2 nitrogen and oxygen atoms in total. The van der Waals surface area contributed by atoms with Crippen LogP contribution in [0.3, 0.4) is 0 Å². The Hall–Kier alpha value is -1.23. The van der Waals surface area contributed by atoms with E-state index in [1.165, 1.54) is 21.9 Å². The van der Waals surface area contributed by atoms with Crippen LogP contribution in [0.1, 0.15) is 21.4 Å². The third kappa shape index (κ3) is 3.63. The topological polar surface area (TPSA) is 32.3 Å². The molecule has 2 aromatic rings. The summed E-state index contributed by atoms with van der Waals surface area (Å²) in [5, 5.41) is 13.1. The van der Waals surface area contributed by atoms with Crippen LogP contribution in [0.25, 0.3) is 0 Å². The van der Waals surface area contributed by atoms with Crippen LogP contribution in [0.5, 0.6) is 0 Å². The fourth-order valence-corrected chi connectivity index (χ4v) is 2.57. The second-order valence-corrected chi connectivity index (χ2v) is 5.58. The molecule has 4 heteroatoms. The zero-order valence-electron chi connectivity index (χ0n) is 10.2. The molecule has 0 bridgehead atoms. The van der Waals surface area contributed by atoms with Crippen molar-refractivity contribution in [2.45, 2.75) is 19.6 Å². The average Bonchev–Trinajstić information content (AvgIpc) is 2.76. The summed E-state index contributed by atoms with van der Waals surface area (Å²) in [4.78, 5) is 2.53. The number of aryl methyl sites for hydroxylation is 1. The van der Waals surface area contributed by atoms with Crippen molar-refractivity contribution in [1.29, 1.82) is 0 Å². The van der Waals surface area contributed by atoms with Crippen molar-refractivity contribution >= 4 is 11.3 Å². The molecule has 1 aromatic carbocycles. The van der Waals surface area contributed by atoms with Crippen molar-refractivity contribution in [3.8, 4) is 0 Å². The van der Waals surface area contributed by atoms with Crippen LogP contribution in [-0.4, -0.2) is 11.7 Å². The van der Waals surface area contributed by atoms with Crippen LogP contribution < -0.4 is 5.32 Å². The normalized spacial score (nSPS) is 12.6. The van der Waals surface area contributed by atoms with E-state index in [0.717, 1.165) is 12.1 Å². The van der Waals surface area contributed by atoms with Gasteiger partial charge in [-0.05, 0) is 36.8 Å². The Kier molecular flexibility index (Phi) is 4.47. The largest absolute Gasteiger partial charge is 0.387 e. The van der Waals surface area contributed by atoms with E-state index in [4.69, 9.17) is 0 Å². The van der Waals surface area contributed by atoms with E-state index < -0.39 is 6.10 Å². The van der Waals surface area contributed by atoms with Crippen LogP contribution >= 0.6 is 11.3 Å². The molecular formula is C14H16FNOS. The van der Waals surface area contributed by atoms with E-state index >= 15 is 0 Å². The number of aliphatic hydroxyl groups excluding tert-OH is 1. The summed E-state index contributed by atoms with van der Waals surface area (Å²) in [6.45, 7) is 3.28. The highest BCUT2D eigenvalue weighted by atomic mass is 32.1. The molecule has 0 saturated carbocycles. The number of rotatable bonds is 5. The fraction of sp³-hybridized carbons (Fsp3) is 0.286. The zero-order chi connectivity index (χ0) is 13.0. The Morgan fingerprint density at radius 1 is 1.22 bits per heavy atom. The van der Waals surface area contributed by atoms with Gasteiger partial charge in [-0.2, -0.15) is 0 Å². The third-order valence-electron chi connectivity index (χ3n) is 2.69. The lowest BCUT2D eigenvalue weighted by Gasteiger charge is -2.11. The van der Waals surface area contributed by atoms with Crippen molar-refractivity contribution < 1.29 is 9.50 Å². The molecule has 0 saturated heterocycles. The molecule has 0 amide bonds. The summed E-state index contributed by atoms with van der Waals surface area (Å²) in [6, 6.07) is 10.1. The first-order valence-corrected chi connectivity index (χ1v) is 6.66. The highest BCUT2D eigenvalue weighted by Gasteiger charge is 2.07. The van der Waals surface area contributed by atoms with Gasteiger partial charge in [0.25, 0.3) is 0 Å². The molecule has 1 heterocycles. The maximum Gasteiger partial charge on any atom is 0.123 e. The summed E-state index contributed by atoms with van der Waals surface area (Å²) < 4.78 is 12.7. The second kappa shape index (κ2) is 6.09. The molecular weight excluding hydrogens is 249 g/mol. The number of hydrogen-bond donors (Lipinski definition) is 2. The van der Waals surface area contributed by atoms with Gasteiger partial charge >= 0.3 is 0 Å². The number of thiophene rings is 1. The first kappa shape index (κ1) is 13.2. The van der Waals surface area contributed by atoms with Gasteiger partial charge in [0.15, 0.2) is 0 Å². The van der Waals surface area contributed by atoms with Crippen molar-refractivity contribution in [2.75, 3.05) is 6.54 Å². The van der Waals surface area contributed by atoms with Gasteiger partial charge < -0.3 is 10.4 Å². The van der Waals surface area contributed by atoms with Crippen LogP contribution in [0.2, 0.25) is 0 Å². The summed E-state index contributed by atoms with van der Waals surface area (Å²) in [5.41, 5.74) is 0.728. The highest BCUT2D eigenvalue weighted by molar-refractivity contribution is 7.11. The molecule has 0 radical (unpaired) electrons. The van der Waals surface area contributed by atoms with Gasteiger partial charge in [0.05, 0.1) is 6.10 Å². The highest BCUT2D eigenvalue weighted by Crippen LogP contribution is 2.16. The minimum Gasteiger partial charge on any atom is -0.387 e. The SMILES string of the molecule is Cc1ccc(CNCC(O)c2ccc(F)cc2)s1. The van der Waals surface area contributed by atoms with Crippen molar-refractivity contribution in [1.82, 2.24) is 5.32 Å². The third-order valence-corrected chi connectivity index (χ3v) is 3.69. The van der Waals surface area contributed by atoms with E-state index in [9.17, 15) is 9.50 Å². The van der Waals surface area contributed by atoms with E-state index in [0.29, 0.717) is 6.54 Å². The van der Waals surface area contributed by atoms with E-state index in [1.54, 1.807) is 23.5 Å². The van der Waals surface area contributed by atoms with E-state index in [2.05, 4.69) is 24.4 Å². The van der Waals surface area contributed by atoms with Crippen molar-refractivity contribution in [3.05, 3.63) is 57.5 Å². The van der Waals surface area contributed by atoms with Crippen LogP contribution in [0.4, 0.5) is 4.39 Å². The Balaban J connectivity index is 1.81. The Morgan fingerprint density at radius 3 is 2.56 bits per heavy atom. The van der Waals surface area contributed by atoms with Gasteiger partial charge in [-0.15, -0.1) is 11.3 Å². The van der Waals surface area contributed by atoms with Gasteiger partial charge in [-0.25, -0.2) is 4.39 Å². The molecule has 2 N–H and O–H groups in total. The number of benzene rings is 1. The summed E-state index contributed by atoms with van der Waals surface area (Å²) in [6.07, 6.45) is -0.605. The number of hydrogen-bond acceptors (Lipinski definition) is 3. The van der Waals surface area contributed by atoms with Gasteiger partial charge in [-0.3, -0.25) is 0 Å². The summed E-state index contributed by atoms with van der Waals surface area (Å²) in [7, 11) is 0. The molecule has 0 aliphatic rings. The minimum atomic E-state index is -0.605. The van der Waals surface area contributed by atoms with Crippen molar-refractivity contribution in [2.24, 2.45) is 0 Å². The summed E-state index contributed by atoms with van der Waals surface area (Å²) in [5.74, 6) is -0.284. The Bertz CT molecular complexity index is 495. The smallest absolute Gasteiger partial charge is 0.123 e. The second-order valence-electron chi connectivity index (χ2n) is 4.21. The fourth-order valence-electron chi connectivity index (χ4n) is 1.72. The van der Waals surface area contributed by atoms with Crippen LogP contribution in [0, 0.1) is 12.7 Å². The zero-order valence-corrected chi connectivity index (χ0v) is 11.0. The molecule has 0 fully saturated rings. The first-order valence-electron chi connectivity index (χ1n) is 5.85. The molecule has 0 aliphatic heterocycles. The monoisotopic (exact) mass is 265 g/mol. The molecule has 2 rings (SSSR count). The van der Waals surface area contributed by atoms with Gasteiger partial charge in [0, 0.05) is 22.8 Å². The predicted molar refractivity (Wildman–Crippen MR) is 72.1 cm³/mol. The van der Waals surface area contributed by atoms with Crippen LogP contribution in [0.15, 0.2) is 36.4 Å². The van der Waals surface area contributed by atoms with Crippen molar-refractivity contribution in [3.63, 3.8) is 0 Å². The van der Waals surface area contributed by atoms with Gasteiger partial charge in [0.2, 0.25) is 0 Å². The minimum absolute atomic E-state index is 0.284. The van der Waals surface area contributed by atoms with Gasteiger partial charge in [-0.1, -0.05) is 12.1 Å². The molecule has 96 valence electrons. The predicted octanol–water partition coefficient (Wildman–Crippen LogP) is 3.02.